The predicted octanol–water partition coefficient (Wildman–Crippen LogP) is 5.38. The van der Waals surface area contributed by atoms with E-state index in [0.29, 0.717) is 28.9 Å². The molecule has 7 heteroatoms. The van der Waals surface area contributed by atoms with E-state index in [2.05, 4.69) is 50.5 Å². The smallest absolute Gasteiger partial charge is 0.251 e. The standard InChI is InChI=1S/C25H24BrN3O3/c1-15-4-5-23-22(14-28-29-23)24(15)18-6-16(12-26)7-19(10-18)25(30)27-13-17-8-20(31-2)11-21(9-17)32-3/h4-11,14H,12-13H2,1-3H3,(H,27,30)(H,28,29). The Labute approximate surface area is 195 Å². The summed E-state index contributed by atoms with van der Waals surface area (Å²) in [6.07, 6.45) is 1.83. The highest BCUT2D eigenvalue weighted by atomic mass is 79.9. The summed E-state index contributed by atoms with van der Waals surface area (Å²) >= 11 is 3.54. The fourth-order valence-corrected chi connectivity index (χ4v) is 4.13. The van der Waals surface area contributed by atoms with Gasteiger partial charge in [0, 0.05) is 28.9 Å². The number of carbonyl (C=O) groups excluding carboxylic acids is 1. The van der Waals surface area contributed by atoms with Gasteiger partial charge in [0.05, 0.1) is 25.9 Å². The molecular weight excluding hydrogens is 470 g/mol. The van der Waals surface area contributed by atoms with Gasteiger partial charge in [-0.1, -0.05) is 28.1 Å². The molecular formula is C25H24BrN3O3. The summed E-state index contributed by atoms with van der Waals surface area (Å²) in [5.41, 5.74) is 6.67. The molecule has 6 nitrogen and oxygen atoms in total. The van der Waals surface area contributed by atoms with Crippen molar-refractivity contribution in [1.82, 2.24) is 15.5 Å². The van der Waals surface area contributed by atoms with Gasteiger partial charge in [0.15, 0.2) is 0 Å². The van der Waals surface area contributed by atoms with Crippen LogP contribution in [0.25, 0.3) is 22.0 Å². The number of H-pyrrole nitrogens is 1. The van der Waals surface area contributed by atoms with Gasteiger partial charge in [0.25, 0.3) is 5.91 Å². The summed E-state index contributed by atoms with van der Waals surface area (Å²) < 4.78 is 10.6. The van der Waals surface area contributed by atoms with Crippen molar-refractivity contribution in [1.29, 1.82) is 0 Å². The normalized spacial score (nSPS) is 10.9. The SMILES string of the molecule is COc1cc(CNC(=O)c2cc(CBr)cc(-c3c(C)ccc4[nH]ncc34)c2)cc(OC)c1. The molecule has 4 rings (SSSR count). The van der Waals surface area contributed by atoms with Crippen molar-refractivity contribution in [2.45, 2.75) is 18.8 Å². The van der Waals surface area contributed by atoms with Crippen molar-refractivity contribution in [3.05, 3.63) is 77.0 Å². The summed E-state index contributed by atoms with van der Waals surface area (Å²) in [4.78, 5) is 13.1. The maximum atomic E-state index is 13.1. The Morgan fingerprint density at radius 3 is 2.47 bits per heavy atom. The highest BCUT2D eigenvalue weighted by Gasteiger charge is 2.14. The van der Waals surface area contributed by atoms with Gasteiger partial charge in [0.1, 0.15) is 11.5 Å². The third-order valence-corrected chi connectivity index (χ3v) is 6.04. The predicted molar refractivity (Wildman–Crippen MR) is 130 cm³/mol. The van der Waals surface area contributed by atoms with Crippen LogP contribution in [0.3, 0.4) is 0 Å². The zero-order chi connectivity index (χ0) is 22.7. The number of hydrogen-bond donors (Lipinski definition) is 2. The van der Waals surface area contributed by atoms with Gasteiger partial charge < -0.3 is 14.8 Å². The van der Waals surface area contributed by atoms with Gasteiger partial charge in [-0.2, -0.15) is 5.10 Å². The van der Waals surface area contributed by atoms with Crippen LogP contribution in [0, 0.1) is 6.92 Å². The number of aromatic amines is 1. The number of nitrogens with one attached hydrogen (secondary N) is 2. The largest absolute Gasteiger partial charge is 0.497 e. The lowest BCUT2D eigenvalue weighted by atomic mass is 9.94. The van der Waals surface area contributed by atoms with Gasteiger partial charge in [-0.15, -0.1) is 0 Å². The average Bonchev–Trinajstić information content (AvgIpc) is 3.30. The van der Waals surface area contributed by atoms with E-state index in [-0.39, 0.29) is 5.91 Å². The Balaban J connectivity index is 1.65. The minimum atomic E-state index is -0.146. The molecule has 3 aromatic carbocycles. The van der Waals surface area contributed by atoms with Gasteiger partial charge >= 0.3 is 0 Å². The molecule has 164 valence electrons. The van der Waals surface area contributed by atoms with E-state index < -0.39 is 0 Å². The number of alkyl halides is 1. The minimum Gasteiger partial charge on any atom is -0.497 e. The van der Waals surface area contributed by atoms with Crippen LogP contribution in [-0.2, 0) is 11.9 Å². The molecule has 0 spiro atoms. The topological polar surface area (TPSA) is 76.2 Å². The Morgan fingerprint density at radius 2 is 1.78 bits per heavy atom. The van der Waals surface area contributed by atoms with Crippen LogP contribution in [0.2, 0.25) is 0 Å². The number of methoxy groups -OCH3 is 2. The Bertz CT molecular complexity index is 1260. The first-order valence-corrected chi connectivity index (χ1v) is 11.3. The van der Waals surface area contributed by atoms with Crippen molar-refractivity contribution >= 4 is 32.7 Å². The molecule has 0 aliphatic rings. The van der Waals surface area contributed by atoms with Crippen molar-refractivity contribution in [2.75, 3.05) is 14.2 Å². The maximum Gasteiger partial charge on any atom is 0.251 e. The molecule has 4 aromatic rings. The molecule has 0 fully saturated rings. The summed E-state index contributed by atoms with van der Waals surface area (Å²) in [5, 5.41) is 11.9. The maximum absolute atomic E-state index is 13.1. The van der Waals surface area contributed by atoms with Gasteiger partial charge in [-0.05, 0) is 65.1 Å². The fraction of sp³-hybridized carbons (Fsp3) is 0.200. The highest BCUT2D eigenvalue weighted by molar-refractivity contribution is 9.08. The molecule has 0 aliphatic carbocycles. The van der Waals surface area contributed by atoms with Crippen molar-refractivity contribution < 1.29 is 14.3 Å². The van der Waals surface area contributed by atoms with E-state index in [4.69, 9.17) is 9.47 Å². The Kier molecular flexibility index (Phi) is 6.46. The van der Waals surface area contributed by atoms with Crippen LogP contribution < -0.4 is 14.8 Å². The van der Waals surface area contributed by atoms with Gasteiger partial charge in [0.2, 0.25) is 0 Å². The van der Waals surface area contributed by atoms with Crippen LogP contribution in [0.15, 0.2) is 54.7 Å². The van der Waals surface area contributed by atoms with Crippen molar-refractivity contribution in [2.24, 2.45) is 0 Å². The fourth-order valence-electron chi connectivity index (χ4n) is 3.81. The molecule has 1 aromatic heterocycles. The summed E-state index contributed by atoms with van der Waals surface area (Å²) in [7, 11) is 3.21. The second-order valence-electron chi connectivity index (χ2n) is 7.54. The summed E-state index contributed by atoms with van der Waals surface area (Å²) in [5.74, 6) is 1.22. The molecule has 0 saturated carbocycles. The molecule has 0 atom stereocenters. The van der Waals surface area contributed by atoms with Gasteiger partial charge in [-0.25, -0.2) is 0 Å². The number of nitrogens with zero attached hydrogens (tertiary/aromatic N) is 1. The molecule has 0 radical (unpaired) electrons. The van der Waals surface area contributed by atoms with Crippen LogP contribution in [0.1, 0.15) is 27.0 Å². The minimum absolute atomic E-state index is 0.146. The Morgan fingerprint density at radius 1 is 1.03 bits per heavy atom. The van der Waals surface area contributed by atoms with Crippen LogP contribution in [0.5, 0.6) is 11.5 Å². The van der Waals surface area contributed by atoms with E-state index in [1.165, 1.54) is 0 Å². The second-order valence-corrected chi connectivity index (χ2v) is 8.11. The number of aryl methyl sites for hydroxylation is 1. The number of carbonyl (C=O) groups is 1. The lowest BCUT2D eigenvalue weighted by Gasteiger charge is -2.13. The van der Waals surface area contributed by atoms with E-state index in [9.17, 15) is 4.79 Å². The number of benzene rings is 3. The first-order valence-electron chi connectivity index (χ1n) is 10.2. The first-order chi connectivity index (χ1) is 15.5. The molecule has 0 aliphatic heterocycles. The summed E-state index contributed by atoms with van der Waals surface area (Å²) in [6.45, 7) is 2.43. The van der Waals surface area contributed by atoms with Crippen LogP contribution >= 0.6 is 15.9 Å². The number of aromatic nitrogens is 2. The number of halogens is 1. The number of amides is 1. The van der Waals surface area contributed by atoms with E-state index in [0.717, 1.165) is 38.7 Å². The molecule has 1 heterocycles. The van der Waals surface area contributed by atoms with E-state index >= 15 is 0 Å². The Hall–Kier alpha value is -3.32. The number of hydrogen-bond acceptors (Lipinski definition) is 4. The monoisotopic (exact) mass is 493 g/mol. The molecule has 0 bridgehead atoms. The molecule has 0 saturated heterocycles. The quantitative estimate of drug-likeness (QED) is 0.339. The zero-order valence-electron chi connectivity index (χ0n) is 18.2. The van der Waals surface area contributed by atoms with E-state index in [1.807, 2.05) is 36.5 Å². The molecule has 32 heavy (non-hydrogen) atoms. The first kappa shape index (κ1) is 21.9. The third-order valence-electron chi connectivity index (χ3n) is 5.39. The molecule has 2 N–H and O–H groups in total. The van der Waals surface area contributed by atoms with E-state index in [1.54, 1.807) is 20.3 Å². The number of fused-ring (bicyclic) bond motifs is 1. The number of rotatable bonds is 7. The van der Waals surface area contributed by atoms with Gasteiger partial charge in [-0.3, -0.25) is 9.89 Å². The van der Waals surface area contributed by atoms with Crippen LogP contribution in [-0.4, -0.2) is 30.3 Å². The van der Waals surface area contributed by atoms with Crippen LogP contribution in [0.4, 0.5) is 0 Å². The lowest BCUT2D eigenvalue weighted by Crippen LogP contribution is -2.23. The average molecular weight is 494 g/mol. The molecule has 1 amide bonds. The third kappa shape index (κ3) is 4.48. The van der Waals surface area contributed by atoms with Crippen molar-refractivity contribution in [3.63, 3.8) is 0 Å². The molecule has 0 unspecified atom stereocenters. The lowest BCUT2D eigenvalue weighted by molar-refractivity contribution is 0.0950. The van der Waals surface area contributed by atoms with Crippen molar-refractivity contribution in [3.8, 4) is 22.6 Å². The highest BCUT2D eigenvalue weighted by Crippen LogP contribution is 2.33. The second kappa shape index (κ2) is 9.44. The zero-order valence-corrected chi connectivity index (χ0v) is 19.7. The summed E-state index contributed by atoms with van der Waals surface area (Å²) in [6, 6.07) is 15.6. The number of ether oxygens (including phenoxy) is 2.